The number of aryl methyl sites for hydroxylation is 1. The third-order valence-electron chi connectivity index (χ3n) is 6.38. The summed E-state index contributed by atoms with van der Waals surface area (Å²) in [5.41, 5.74) is 3.83. The van der Waals surface area contributed by atoms with Gasteiger partial charge in [-0.05, 0) is 41.7 Å². The third kappa shape index (κ3) is 5.12. The van der Waals surface area contributed by atoms with Gasteiger partial charge < -0.3 is 10.1 Å². The number of fused-ring (bicyclic) bond motifs is 3. The second kappa shape index (κ2) is 10.6. The minimum atomic E-state index is -0.104. The summed E-state index contributed by atoms with van der Waals surface area (Å²) in [5.74, 6) is 0.428. The second-order valence-corrected chi connectivity index (χ2v) is 11.4. The molecule has 0 saturated carbocycles. The van der Waals surface area contributed by atoms with E-state index in [1.54, 1.807) is 4.57 Å². The standard InChI is InChI=1S/C28H29N3O3S2/c1-17(2)22-13-21-23(15-34-22)36-26-25(21)27(33)31(20-11-7-8-18(3)12-20)28(30-26)35-16-24(32)29-14-19-9-5-4-6-10-19/h4-12,17,22H,13-16H2,1-3H3,(H,29,32)/t22-/m0/s1. The first-order valence-corrected chi connectivity index (χ1v) is 13.9. The van der Waals surface area contributed by atoms with E-state index in [1.807, 2.05) is 61.5 Å². The molecular formula is C28H29N3O3S2. The van der Waals surface area contributed by atoms with E-state index in [2.05, 4.69) is 19.2 Å². The van der Waals surface area contributed by atoms with Crippen molar-refractivity contribution >= 4 is 39.2 Å². The molecule has 8 heteroatoms. The lowest BCUT2D eigenvalue weighted by molar-refractivity contribution is -0.118. The van der Waals surface area contributed by atoms with Crippen LogP contribution in [0.3, 0.4) is 0 Å². The first kappa shape index (κ1) is 24.7. The topological polar surface area (TPSA) is 73.2 Å². The number of ether oxygens (including phenoxy) is 1. The van der Waals surface area contributed by atoms with E-state index in [0.29, 0.717) is 40.9 Å². The lowest BCUT2D eigenvalue weighted by Gasteiger charge is -2.26. The number of thioether (sulfide) groups is 1. The molecule has 0 radical (unpaired) electrons. The predicted molar refractivity (Wildman–Crippen MR) is 146 cm³/mol. The first-order chi connectivity index (χ1) is 17.4. The summed E-state index contributed by atoms with van der Waals surface area (Å²) in [6.45, 7) is 7.26. The molecule has 0 fully saturated rings. The fourth-order valence-electron chi connectivity index (χ4n) is 4.41. The van der Waals surface area contributed by atoms with Crippen LogP contribution in [0.15, 0.2) is 64.5 Å². The molecule has 1 amide bonds. The highest BCUT2D eigenvalue weighted by molar-refractivity contribution is 7.99. The van der Waals surface area contributed by atoms with E-state index in [4.69, 9.17) is 9.72 Å². The Balaban J connectivity index is 1.49. The number of hydrogen-bond donors (Lipinski definition) is 1. The summed E-state index contributed by atoms with van der Waals surface area (Å²) in [7, 11) is 0. The minimum absolute atomic E-state index is 0.0836. The Bertz CT molecular complexity index is 1460. The lowest BCUT2D eigenvalue weighted by atomic mass is 9.96. The van der Waals surface area contributed by atoms with Crippen molar-refractivity contribution in [3.05, 3.63) is 86.5 Å². The molecule has 0 spiro atoms. The normalized spacial score (nSPS) is 15.3. The Kier molecular flexibility index (Phi) is 7.27. The number of nitrogens with one attached hydrogen (secondary N) is 1. The molecule has 0 saturated heterocycles. The van der Waals surface area contributed by atoms with Crippen molar-refractivity contribution < 1.29 is 9.53 Å². The van der Waals surface area contributed by atoms with Crippen molar-refractivity contribution in [1.82, 2.24) is 14.9 Å². The SMILES string of the molecule is Cc1cccc(-n2c(SCC(=O)NCc3ccccc3)nc3sc4c(c3c2=O)C[C@@H](C(C)C)OC4)c1. The van der Waals surface area contributed by atoms with Crippen molar-refractivity contribution in [2.24, 2.45) is 5.92 Å². The summed E-state index contributed by atoms with van der Waals surface area (Å²) < 4.78 is 7.72. The van der Waals surface area contributed by atoms with Crippen molar-refractivity contribution in [2.75, 3.05) is 5.75 Å². The van der Waals surface area contributed by atoms with E-state index in [9.17, 15) is 9.59 Å². The summed E-state index contributed by atoms with van der Waals surface area (Å²) in [4.78, 5) is 33.3. The molecule has 0 aliphatic carbocycles. The third-order valence-corrected chi connectivity index (χ3v) is 8.42. The van der Waals surface area contributed by atoms with Crippen molar-refractivity contribution in [2.45, 2.75) is 51.6 Å². The van der Waals surface area contributed by atoms with Crippen molar-refractivity contribution in [1.29, 1.82) is 0 Å². The van der Waals surface area contributed by atoms with Crippen LogP contribution in [0.2, 0.25) is 0 Å². The van der Waals surface area contributed by atoms with Gasteiger partial charge in [-0.25, -0.2) is 4.98 Å². The van der Waals surface area contributed by atoms with Crippen LogP contribution in [0, 0.1) is 12.8 Å². The van der Waals surface area contributed by atoms with Gasteiger partial charge in [-0.2, -0.15) is 0 Å². The monoisotopic (exact) mass is 519 g/mol. The maximum Gasteiger partial charge on any atom is 0.267 e. The number of benzene rings is 2. The van der Waals surface area contributed by atoms with Crippen molar-refractivity contribution in [3.63, 3.8) is 0 Å². The Morgan fingerprint density at radius 1 is 1.22 bits per heavy atom. The van der Waals surface area contributed by atoms with Crippen LogP contribution in [-0.4, -0.2) is 27.3 Å². The highest BCUT2D eigenvalue weighted by Gasteiger charge is 2.29. The van der Waals surface area contributed by atoms with E-state index >= 15 is 0 Å². The molecule has 2 aromatic heterocycles. The Morgan fingerprint density at radius 3 is 2.78 bits per heavy atom. The molecule has 4 aromatic rings. The van der Waals surface area contributed by atoms with Gasteiger partial charge in [0.2, 0.25) is 5.91 Å². The molecule has 36 heavy (non-hydrogen) atoms. The van der Waals surface area contributed by atoms with Crippen LogP contribution < -0.4 is 10.9 Å². The average Bonchev–Trinajstić information content (AvgIpc) is 3.24. The zero-order chi connectivity index (χ0) is 25.2. The zero-order valence-electron chi connectivity index (χ0n) is 20.6. The molecule has 1 atom stereocenters. The van der Waals surface area contributed by atoms with E-state index in [0.717, 1.165) is 27.3 Å². The van der Waals surface area contributed by atoms with Gasteiger partial charge in [0, 0.05) is 17.8 Å². The summed E-state index contributed by atoms with van der Waals surface area (Å²) in [6, 6.07) is 17.6. The Morgan fingerprint density at radius 2 is 2.03 bits per heavy atom. The number of aromatic nitrogens is 2. The van der Waals surface area contributed by atoms with Crippen LogP contribution in [0.4, 0.5) is 0 Å². The number of nitrogens with zero attached hydrogens (tertiary/aromatic N) is 2. The highest BCUT2D eigenvalue weighted by atomic mass is 32.2. The second-order valence-electron chi connectivity index (χ2n) is 9.41. The van der Waals surface area contributed by atoms with E-state index in [1.165, 1.54) is 23.1 Å². The summed E-state index contributed by atoms with van der Waals surface area (Å²) in [5, 5.41) is 4.16. The number of carbonyl (C=O) groups is 1. The van der Waals surface area contributed by atoms with Crippen LogP contribution in [-0.2, 0) is 29.1 Å². The van der Waals surface area contributed by atoms with Gasteiger partial charge in [0.25, 0.3) is 5.56 Å². The lowest BCUT2D eigenvalue weighted by Crippen LogP contribution is -2.28. The fourth-order valence-corrected chi connectivity index (χ4v) is 6.41. The molecule has 5 rings (SSSR count). The van der Waals surface area contributed by atoms with Crippen LogP contribution in [0.5, 0.6) is 0 Å². The number of rotatable bonds is 7. The van der Waals surface area contributed by atoms with Crippen LogP contribution in [0.25, 0.3) is 15.9 Å². The fraction of sp³-hybridized carbons (Fsp3) is 0.321. The van der Waals surface area contributed by atoms with Crippen molar-refractivity contribution in [3.8, 4) is 5.69 Å². The molecular weight excluding hydrogens is 490 g/mol. The largest absolute Gasteiger partial charge is 0.372 e. The average molecular weight is 520 g/mol. The molecule has 1 N–H and O–H groups in total. The maximum atomic E-state index is 14.0. The highest BCUT2D eigenvalue weighted by Crippen LogP contribution is 2.36. The Labute approximate surface area is 218 Å². The summed E-state index contributed by atoms with van der Waals surface area (Å²) in [6.07, 6.45) is 0.802. The van der Waals surface area contributed by atoms with Gasteiger partial charge >= 0.3 is 0 Å². The number of thiophene rings is 1. The summed E-state index contributed by atoms with van der Waals surface area (Å²) >= 11 is 2.81. The maximum absolute atomic E-state index is 14.0. The van der Waals surface area contributed by atoms with Gasteiger partial charge in [0.1, 0.15) is 4.83 Å². The molecule has 0 bridgehead atoms. The minimum Gasteiger partial charge on any atom is -0.372 e. The molecule has 2 aromatic carbocycles. The van der Waals surface area contributed by atoms with Crippen LogP contribution in [0.1, 0.15) is 35.4 Å². The zero-order valence-corrected chi connectivity index (χ0v) is 22.2. The van der Waals surface area contributed by atoms with E-state index < -0.39 is 0 Å². The molecule has 186 valence electrons. The van der Waals surface area contributed by atoms with Gasteiger partial charge in [0.15, 0.2) is 5.16 Å². The van der Waals surface area contributed by atoms with Gasteiger partial charge in [-0.15, -0.1) is 11.3 Å². The van der Waals surface area contributed by atoms with Crippen LogP contribution >= 0.6 is 23.1 Å². The number of amides is 1. The van der Waals surface area contributed by atoms with Gasteiger partial charge in [-0.3, -0.25) is 14.2 Å². The van der Waals surface area contributed by atoms with Gasteiger partial charge in [-0.1, -0.05) is 68.1 Å². The quantitative estimate of drug-likeness (QED) is 0.266. The predicted octanol–water partition coefficient (Wildman–Crippen LogP) is 5.26. The van der Waals surface area contributed by atoms with E-state index in [-0.39, 0.29) is 23.3 Å². The molecule has 1 aliphatic rings. The molecule has 6 nitrogen and oxygen atoms in total. The first-order valence-electron chi connectivity index (χ1n) is 12.1. The number of hydrogen-bond acceptors (Lipinski definition) is 6. The molecule has 3 heterocycles. The molecule has 0 unspecified atom stereocenters. The number of carbonyl (C=O) groups excluding carboxylic acids is 1. The smallest absolute Gasteiger partial charge is 0.267 e. The molecule has 1 aliphatic heterocycles. The van der Waals surface area contributed by atoms with Gasteiger partial charge in [0.05, 0.1) is 29.5 Å². The Hall–Kier alpha value is -2.94.